The van der Waals surface area contributed by atoms with Crippen LogP contribution in [0, 0.1) is 0 Å². The number of rotatable bonds is 8. The van der Waals surface area contributed by atoms with Crippen LogP contribution in [-0.4, -0.2) is 61.3 Å². The zero-order valence-corrected chi connectivity index (χ0v) is 17.9. The molecule has 0 radical (unpaired) electrons. The number of amides is 2. The average molecular weight is 448 g/mol. The zero-order valence-electron chi connectivity index (χ0n) is 17.9. The van der Waals surface area contributed by atoms with Crippen LogP contribution in [0.25, 0.3) is 6.08 Å². The number of carbonyl (C=O) groups is 1. The van der Waals surface area contributed by atoms with Crippen molar-refractivity contribution in [3.05, 3.63) is 77.4 Å². The monoisotopic (exact) mass is 447 g/mol. The molecule has 5 nitrogen and oxygen atoms in total. The molecule has 1 heterocycles. The van der Waals surface area contributed by atoms with E-state index in [1.165, 1.54) is 5.56 Å². The van der Waals surface area contributed by atoms with Gasteiger partial charge in [0.25, 0.3) is 0 Å². The number of hydrogen-bond donors (Lipinski definition) is 1. The fourth-order valence-electron chi connectivity index (χ4n) is 3.36. The first-order chi connectivity index (χ1) is 15.4. The van der Waals surface area contributed by atoms with Crippen molar-refractivity contribution in [2.24, 2.45) is 0 Å². The normalized spacial score (nSPS) is 15.3. The van der Waals surface area contributed by atoms with E-state index in [0.29, 0.717) is 25.2 Å². The summed E-state index contributed by atoms with van der Waals surface area (Å²) in [6.07, 6.45) is -0.0791. The van der Waals surface area contributed by atoms with Crippen LogP contribution in [0.5, 0.6) is 0 Å². The molecular weight excluding hydrogens is 419 g/mol. The molecule has 1 aliphatic heterocycles. The summed E-state index contributed by atoms with van der Waals surface area (Å²) in [4.78, 5) is 16.5. The summed E-state index contributed by atoms with van der Waals surface area (Å²) in [7, 11) is 0. The Morgan fingerprint density at radius 2 is 1.62 bits per heavy atom. The molecular formula is C24H28F3N3O2. The lowest BCUT2D eigenvalue weighted by molar-refractivity contribution is -0.176. The Morgan fingerprint density at radius 3 is 2.28 bits per heavy atom. The number of nitrogens with zero attached hydrogens (tertiary/aromatic N) is 2. The lowest BCUT2D eigenvalue weighted by Crippen LogP contribution is -2.51. The van der Waals surface area contributed by atoms with Crippen molar-refractivity contribution < 1.29 is 22.7 Å². The standard InChI is InChI=1S/C24H28F3N3O2/c25-24(26,27)19-32-18-22-10-8-21(9-11-22)17-28-23(31)30-15-13-29(14-16-30)12-4-7-20-5-2-1-3-6-20/h1-11H,12-19H2,(H,28,31)/b7-4+. The van der Waals surface area contributed by atoms with Gasteiger partial charge in [0.2, 0.25) is 0 Å². The average Bonchev–Trinajstić information content (AvgIpc) is 2.79. The highest BCUT2D eigenvalue weighted by Gasteiger charge is 2.27. The Kier molecular flexibility index (Phi) is 8.70. The summed E-state index contributed by atoms with van der Waals surface area (Å²) >= 11 is 0. The number of alkyl halides is 3. The van der Waals surface area contributed by atoms with E-state index in [9.17, 15) is 18.0 Å². The highest BCUT2D eigenvalue weighted by Crippen LogP contribution is 2.16. The molecule has 1 aliphatic rings. The molecule has 172 valence electrons. The van der Waals surface area contributed by atoms with Gasteiger partial charge in [-0.3, -0.25) is 4.90 Å². The van der Waals surface area contributed by atoms with Crippen molar-refractivity contribution in [1.29, 1.82) is 0 Å². The highest BCUT2D eigenvalue weighted by atomic mass is 19.4. The summed E-state index contributed by atoms with van der Waals surface area (Å²) in [5.41, 5.74) is 2.71. The molecule has 3 rings (SSSR count). The van der Waals surface area contributed by atoms with Crippen LogP contribution in [-0.2, 0) is 17.9 Å². The van der Waals surface area contributed by atoms with Gasteiger partial charge in [-0.2, -0.15) is 13.2 Å². The Morgan fingerprint density at radius 1 is 0.969 bits per heavy atom. The first kappa shape index (κ1) is 23.8. The van der Waals surface area contributed by atoms with E-state index in [-0.39, 0.29) is 12.6 Å². The number of halogens is 3. The van der Waals surface area contributed by atoms with Crippen molar-refractivity contribution in [3.8, 4) is 0 Å². The molecule has 0 atom stereocenters. The molecule has 0 spiro atoms. The fraction of sp³-hybridized carbons (Fsp3) is 0.375. The van der Waals surface area contributed by atoms with Crippen LogP contribution in [0.15, 0.2) is 60.7 Å². The molecule has 1 fully saturated rings. The van der Waals surface area contributed by atoms with Gasteiger partial charge < -0.3 is 15.0 Å². The van der Waals surface area contributed by atoms with Crippen LogP contribution >= 0.6 is 0 Å². The summed E-state index contributed by atoms with van der Waals surface area (Å²) < 4.78 is 41.0. The van der Waals surface area contributed by atoms with Gasteiger partial charge in [-0.15, -0.1) is 0 Å². The predicted molar refractivity (Wildman–Crippen MR) is 118 cm³/mol. The van der Waals surface area contributed by atoms with Gasteiger partial charge in [0, 0.05) is 39.3 Å². The summed E-state index contributed by atoms with van der Waals surface area (Å²) in [5.74, 6) is 0. The van der Waals surface area contributed by atoms with E-state index in [2.05, 4.69) is 39.2 Å². The Hall–Kier alpha value is -2.84. The number of nitrogens with one attached hydrogen (secondary N) is 1. The molecule has 1 N–H and O–H groups in total. The molecule has 0 saturated carbocycles. The zero-order chi connectivity index (χ0) is 22.8. The minimum Gasteiger partial charge on any atom is -0.367 e. The minimum absolute atomic E-state index is 0.100. The van der Waals surface area contributed by atoms with Gasteiger partial charge in [-0.25, -0.2) is 4.79 Å². The lowest BCUT2D eigenvalue weighted by Gasteiger charge is -2.34. The van der Waals surface area contributed by atoms with Crippen molar-refractivity contribution in [2.75, 3.05) is 39.3 Å². The SMILES string of the molecule is O=C(NCc1ccc(COCC(F)(F)F)cc1)N1CCN(C/C=C/c2ccccc2)CC1. The molecule has 0 aromatic heterocycles. The predicted octanol–water partition coefficient (Wildman–Crippen LogP) is 4.31. The molecule has 8 heteroatoms. The maximum absolute atomic E-state index is 12.4. The first-order valence-corrected chi connectivity index (χ1v) is 10.6. The Labute approximate surface area is 186 Å². The number of benzene rings is 2. The number of urea groups is 1. The van der Waals surface area contributed by atoms with Gasteiger partial charge >= 0.3 is 12.2 Å². The largest absolute Gasteiger partial charge is 0.411 e. The Balaban J connectivity index is 1.34. The Bertz CT molecular complexity index is 862. The summed E-state index contributed by atoms with van der Waals surface area (Å²) in [6, 6.07) is 17.0. The van der Waals surface area contributed by atoms with E-state index < -0.39 is 12.8 Å². The van der Waals surface area contributed by atoms with Crippen molar-refractivity contribution in [1.82, 2.24) is 15.1 Å². The minimum atomic E-state index is -4.32. The number of piperazine rings is 1. The van der Waals surface area contributed by atoms with E-state index in [4.69, 9.17) is 0 Å². The molecule has 1 saturated heterocycles. The number of ether oxygens (including phenoxy) is 1. The van der Waals surface area contributed by atoms with E-state index >= 15 is 0 Å². The third-order valence-electron chi connectivity index (χ3n) is 5.13. The van der Waals surface area contributed by atoms with Gasteiger partial charge in [-0.05, 0) is 16.7 Å². The first-order valence-electron chi connectivity index (χ1n) is 10.6. The van der Waals surface area contributed by atoms with Gasteiger partial charge in [0.1, 0.15) is 6.61 Å². The van der Waals surface area contributed by atoms with Crippen LogP contribution in [0.1, 0.15) is 16.7 Å². The molecule has 2 aromatic rings. The van der Waals surface area contributed by atoms with E-state index in [0.717, 1.165) is 25.2 Å². The molecule has 32 heavy (non-hydrogen) atoms. The van der Waals surface area contributed by atoms with Crippen LogP contribution in [0.2, 0.25) is 0 Å². The smallest absolute Gasteiger partial charge is 0.367 e. The van der Waals surface area contributed by atoms with E-state index in [1.807, 2.05) is 18.2 Å². The number of carbonyl (C=O) groups excluding carboxylic acids is 1. The molecule has 2 amide bonds. The van der Waals surface area contributed by atoms with Crippen LogP contribution in [0.4, 0.5) is 18.0 Å². The second-order valence-corrected chi connectivity index (χ2v) is 7.68. The molecule has 0 bridgehead atoms. The maximum Gasteiger partial charge on any atom is 0.411 e. The topological polar surface area (TPSA) is 44.8 Å². The van der Waals surface area contributed by atoms with Crippen molar-refractivity contribution >= 4 is 12.1 Å². The third-order valence-corrected chi connectivity index (χ3v) is 5.13. The highest BCUT2D eigenvalue weighted by molar-refractivity contribution is 5.74. The number of hydrogen-bond acceptors (Lipinski definition) is 3. The van der Waals surface area contributed by atoms with Crippen LogP contribution < -0.4 is 5.32 Å². The molecule has 2 aromatic carbocycles. The molecule has 0 aliphatic carbocycles. The maximum atomic E-state index is 12.4. The second kappa shape index (κ2) is 11.7. The molecule has 0 unspecified atom stereocenters. The van der Waals surface area contributed by atoms with Crippen molar-refractivity contribution in [3.63, 3.8) is 0 Å². The summed E-state index contributed by atoms with van der Waals surface area (Å²) in [5, 5.41) is 2.91. The van der Waals surface area contributed by atoms with Gasteiger partial charge in [-0.1, -0.05) is 66.7 Å². The van der Waals surface area contributed by atoms with Gasteiger partial charge in [0.15, 0.2) is 0 Å². The summed E-state index contributed by atoms with van der Waals surface area (Å²) in [6.45, 7) is 2.82. The van der Waals surface area contributed by atoms with Crippen LogP contribution in [0.3, 0.4) is 0 Å². The third kappa shape index (κ3) is 8.36. The van der Waals surface area contributed by atoms with Crippen molar-refractivity contribution in [2.45, 2.75) is 19.3 Å². The van der Waals surface area contributed by atoms with E-state index in [1.54, 1.807) is 29.2 Å². The van der Waals surface area contributed by atoms with Gasteiger partial charge in [0.05, 0.1) is 6.61 Å². The second-order valence-electron chi connectivity index (χ2n) is 7.68. The lowest BCUT2D eigenvalue weighted by atomic mass is 10.1. The fourth-order valence-corrected chi connectivity index (χ4v) is 3.36. The quantitative estimate of drug-likeness (QED) is 0.656.